The first-order valence-corrected chi connectivity index (χ1v) is 6.84. The van der Waals surface area contributed by atoms with Gasteiger partial charge in [-0.05, 0) is 38.3 Å². The average molecular weight is 265 g/mol. The summed E-state index contributed by atoms with van der Waals surface area (Å²) in [5, 5.41) is 6.32. The summed E-state index contributed by atoms with van der Waals surface area (Å²) in [4.78, 5) is 15.6. The lowest BCUT2D eigenvalue weighted by Gasteiger charge is -2.29. The van der Waals surface area contributed by atoms with Gasteiger partial charge in [0.1, 0.15) is 0 Å². The fourth-order valence-corrected chi connectivity index (χ4v) is 2.55. The van der Waals surface area contributed by atoms with Gasteiger partial charge in [-0.25, -0.2) is 4.39 Å². The standard InChI is InChI=1S/C14H20FN3O/c1-2-17-10-3-5-11(6-4-10)18-14(19)12-7-8-16-9-13(12)15/h7-11,17H,2-6H2,1H3,(H,18,19). The Kier molecular flexibility index (Phi) is 4.85. The van der Waals surface area contributed by atoms with Crippen molar-refractivity contribution in [2.24, 2.45) is 0 Å². The molecule has 0 aliphatic heterocycles. The Morgan fingerprint density at radius 3 is 2.68 bits per heavy atom. The molecule has 1 heterocycles. The van der Waals surface area contributed by atoms with Crippen LogP contribution >= 0.6 is 0 Å². The van der Waals surface area contributed by atoms with Gasteiger partial charge in [0.15, 0.2) is 5.82 Å². The first kappa shape index (κ1) is 13.9. The van der Waals surface area contributed by atoms with Crippen molar-refractivity contribution in [3.8, 4) is 0 Å². The van der Waals surface area contributed by atoms with Crippen LogP contribution < -0.4 is 10.6 Å². The van der Waals surface area contributed by atoms with Crippen LogP contribution in [0.2, 0.25) is 0 Å². The number of halogens is 1. The Balaban J connectivity index is 1.86. The van der Waals surface area contributed by atoms with Gasteiger partial charge in [0.2, 0.25) is 0 Å². The van der Waals surface area contributed by atoms with Crippen LogP contribution in [-0.2, 0) is 0 Å². The first-order valence-electron chi connectivity index (χ1n) is 6.84. The predicted octanol–water partition coefficient (Wildman–Crippen LogP) is 1.87. The minimum Gasteiger partial charge on any atom is -0.349 e. The van der Waals surface area contributed by atoms with Crippen molar-refractivity contribution in [3.63, 3.8) is 0 Å². The maximum atomic E-state index is 13.4. The molecule has 0 atom stereocenters. The molecular weight excluding hydrogens is 245 g/mol. The minimum absolute atomic E-state index is 0.0730. The van der Waals surface area contributed by atoms with Crippen LogP contribution in [0.4, 0.5) is 4.39 Å². The van der Waals surface area contributed by atoms with Crippen LogP contribution in [0.15, 0.2) is 18.5 Å². The van der Waals surface area contributed by atoms with E-state index in [-0.39, 0.29) is 17.5 Å². The van der Waals surface area contributed by atoms with Gasteiger partial charge in [0.25, 0.3) is 5.91 Å². The van der Waals surface area contributed by atoms with E-state index < -0.39 is 5.82 Å². The van der Waals surface area contributed by atoms with Gasteiger partial charge in [-0.2, -0.15) is 0 Å². The van der Waals surface area contributed by atoms with Crippen molar-refractivity contribution in [2.75, 3.05) is 6.54 Å². The van der Waals surface area contributed by atoms with Gasteiger partial charge in [-0.3, -0.25) is 9.78 Å². The van der Waals surface area contributed by atoms with Crippen LogP contribution in [0, 0.1) is 5.82 Å². The third kappa shape index (κ3) is 3.73. The topological polar surface area (TPSA) is 54.0 Å². The zero-order valence-corrected chi connectivity index (χ0v) is 11.2. The number of hydrogen-bond donors (Lipinski definition) is 2. The first-order chi connectivity index (χ1) is 9.20. The molecule has 0 aromatic carbocycles. The molecule has 5 heteroatoms. The molecule has 4 nitrogen and oxygen atoms in total. The van der Waals surface area contributed by atoms with Gasteiger partial charge < -0.3 is 10.6 Å². The monoisotopic (exact) mass is 265 g/mol. The zero-order valence-electron chi connectivity index (χ0n) is 11.2. The van der Waals surface area contributed by atoms with Crippen LogP contribution in [0.1, 0.15) is 43.0 Å². The molecule has 1 aliphatic carbocycles. The van der Waals surface area contributed by atoms with Gasteiger partial charge in [0.05, 0.1) is 11.8 Å². The molecule has 19 heavy (non-hydrogen) atoms. The quantitative estimate of drug-likeness (QED) is 0.874. The lowest BCUT2D eigenvalue weighted by atomic mass is 9.91. The summed E-state index contributed by atoms with van der Waals surface area (Å²) in [7, 11) is 0. The average Bonchev–Trinajstić information content (AvgIpc) is 2.42. The largest absolute Gasteiger partial charge is 0.349 e. The normalized spacial score (nSPS) is 23.1. The third-order valence-corrected chi connectivity index (χ3v) is 3.57. The maximum Gasteiger partial charge on any atom is 0.254 e. The second kappa shape index (κ2) is 6.61. The lowest BCUT2D eigenvalue weighted by molar-refractivity contribution is 0.0920. The number of nitrogens with one attached hydrogen (secondary N) is 2. The molecule has 0 spiro atoms. The van der Waals surface area contributed by atoms with E-state index in [0.29, 0.717) is 6.04 Å². The number of pyridine rings is 1. The van der Waals surface area contributed by atoms with E-state index in [1.165, 1.54) is 12.3 Å². The molecule has 1 saturated carbocycles. The molecule has 0 radical (unpaired) electrons. The van der Waals surface area contributed by atoms with E-state index in [1.807, 2.05) is 0 Å². The van der Waals surface area contributed by atoms with E-state index in [9.17, 15) is 9.18 Å². The number of nitrogens with zero attached hydrogens (tertiary/aromatic N) is 1. The van der Waals surface area contributed by atoms with Crippen LogP contribution in [0.25, 0.3) is 0 Å². The summed E-state index contributed by atoms with van der Waals surface area (Å²) in [6.45, 7) is 3.07. The number of carbonyl (C=O) groups is 1. The lowest BCUT2D eigenvalue weighted by Crippen LogP contribution is -2.42. The number of aromatic nitrogens is 1. The van der Waals surface area contributed by atoms with Crippen molar-refractivity contribution in [1.29, 1.82) is 0 Å². The van der Waals surface area contributed by atoms with Gasteiger partial charge >= 0.3 is 0 Å². The van der Waals surface area contributed by atoms with Gasteiger partial charge in [-0.1, -0.05) is 6.92 Å². The fraction of sp³-hybridized carbons (Fsp3) is 0.571. The van der Waals surface area contributed by atoms with Crippen molar-refractivity contribution in [3.05, 3.63) is 29.8 Å². The van der Waals surface area contributed by atoms with Crippen LogP contribution in [0.5, 0.6) is 0 Å². The molecule has 0 unspecified atom stereocenters. The Hall–Kier alpha value is -1.49. The Bertz CT molecular complexity index is 430. The molecule has 0 saturated heterocycles. The van der Waals surface area contributed by atoms with Crippen molar-refractivity contribution in [1.82, 2.24) is 15.6 Å². The highest BCUT2D eigenvalue weighted by Gasteiger charge is 2.22. The van der Waals surface area contributed by atoms with Crippen molar-refractivity contribution < 1.29 is 9.18 Å². The third-order valence-electron chi connectivity index (χ3n) is 3.57. The summed E-state index contributed by atoms with van der Waals surface area (Å²) in [6.07, 6.45) is 6.48. The number of carbonyl (C=O) groups excluding carboxylic acids is 1. The predicted molar refractivity (Wildman–Crippen MR) is 71.4 cm³/mol. The van der Waals surface area contributed by atoms with Crippen molar-refractivity contribution >= 4 is 5.91 Å². The highest BCUT2D eigenvalue weighted by atomic mass is 19.1. The van der Waals surface area contributed by atoms with E-state index in [2.05, 4.69) is 22.5 Å². The van der Waals surface area contributed by atoms with E-state index in [1.54, 1.807) is 0 Å². The summed E-state index contributed by atoms with van der Waals surface area (Å²) >= 11 is 0. The van der Waals surface area contributed by atoms with E-state index in [4.69, 9.17) is 0 Å². The fourth-order valence-electron chi connectivity index (χ4n) is 2.55. The molecule has 104 valence electrons. The summed E-state index contributed by atoms with van der Waals surface area (Å²) < 4.78 is 13.4. The highest BCUT2D eigenvalue weighted by Crippen LogP contribution is 2.19. The highest BCUT2D eigenvalue weighted by molar-refractivity contribution is 5.94. The number of amides is 1. The molecular formula is C14H20FN3O. The number of hydrogen-bond acceptors (Lipinski definition) is 3. The van der Waals surface area contributed by atoms with Gasteiger partial charge in [-0.15, -0.1) is 0 Å². The summed E-state index contributed by atoms with van der Waals surface area (Å²) in [5.74, 6) is -0.909. The van der Waals surface area contributed by atoms with E-state index in [0.717, 1.165) is 38.4 Å². The molecule has 1 aromatic rings. The zero-order chi connectivity index (χ0) is 13.7. The second-order valence-electron chi connectivity index (χ2n) is 4.94. The smallest absolute Gasteiger partial charge is 0.254 e. The Morgan fingerprint density at radius 1 is 1.37 bits per heavy atom. The van der Waals surface area contributed by atoms with Gasteiger partial charge in [0, 0.05) is 18.3 Å². The second-order valence-corrected chi connectivity index (χ2v) is 4.94. The molecule has 1 aromatic heterocycles. The summed E-state index contributed by atoms with van der Waals surface area (Å²) in [5.41, 5.74) is 0.0730. The maximum absolute atomic E-state index is 13.4. The molecule has 0 bridgehead atoms. The molecule has 2 rings (SSSR count). The minimum atomic E-state index is -0.568. The Morgan fingerprint density at radius 2 is 2.05 bits per heavy atom. The molecule has 1 aliphatic rings. The van der Waals surface area contributed by atoms with Crippen LogP contribution in [0.3, 0.4) is 0 Å². The molecule has 2 N–H and O–H groups in total. The SMILES string of the molecule is CCNC1CCC(NC(=O)c2ccncc2F)CC1. The number of rotatable bonds is 4. The molecule has 1 fully saturated rings. The Labute approximate surface area is 112 Å². The van der Waals surface area contributed by atoms with Crippen LogP contribution in [-0.4, -0.2) is 29.5 Å². The summed E-state index contributed by atoms with van der Waals surface area (Å²) in [6, 6.07) is 2.11. The molecule has 1 amide bonds. The van der Waals surface area contributed by atoms with E-state index >= 15 is 0 Å². The van der Waals surface area contributed by atoms with Crippen molar-refractivity contribution in [2.45, 2.75) is 44.7 Å².